The molecule has 0 aromatic carbocycles. The largest absolute Gasteiger partial charge is 0.356 e. The van der Waals surface area contributed by atoms with E-state index >= 15 is 0 Å². The van der Waals surface area contributed by atoms with Crippen LogP contribution in [0, 0.1) is 22.2 Å². The van der Waals surface area contributed by atoms with E-state index in [2.05, 4.69) is 33.0 Å². The Bertz CT molecular complexity index is 353. The fourth-order valence-electron chi connectivity index (χ4n) is 4.22. The third kappa shape index (κ3) is 2.74. The van der Waals surface area contributed by atoms with Gasteiger partial charge in [0.1, 0.15) is 0 Å². The van der Waals surface area contributed by atoms with Crippen LogP contribution in [0.3, 0.4) is 0 Å². The van der Waals surface area contributed by atoms with E-state index in [9.17, 15) is 4.79 Å². The summed E-state index contributed by atoms with van der Waals surface area (Å²) in [4.78, 5) is 12.3. The van der Waals surface area contributed by atoms with E-state index in [4.69, 9.17) is 5.73 Å². The van der Waals surface area contributed by atoms with Crippen molar-refractivity contribution in [1.82, 2.24) is 5.32 Å². The first-order chi connectivity index (χ1) is 9.25. The number of carbonyl (C=O) groups is 1. The second-order valence-corrected chi connectivity index (χ2v) is 8.24. The molecule has 0 aromatic heterocycles. The van der Waals surface area contributed by atoms with Crippen molar-refractivity contribution in [3.8, 4) is 0 Å². The van der Waals surface area contributed by atoms with E-state index in [1.54, 1.807) is 0 Å². The lowest BCUT2D eigenvalue weighted by Gasteiger charge is -2.35. The molecule has 2 rings (SSSR count). The quantitative estimate of drug-likeness (QED) is 0.813. The molecule has 0 spiro atoms. The maximum absolute atomic E-state index is 12.3. The maximum Gasteiger partial charge on any atom is 0.220 e. The summed E-state index contributed by atoms with van der Waals surface area (Å²) in [5.74, 6) is 0.801. The van der Waals surface area contributed by atoms with Crippen molar-refractivity contribution >= 4 is 5.91 Å². The van der Waals surface area contributed by atoms with Crippen LogP contribution in [0.4, 0.5) is 0 Å². The molecule has 2 saturated carbocycles. The van der Waals surface area contributed by atoms with Gasteiger partial charge in [-0.15, -0.1) is 0 Å². The maximum atomic E-state index is 12.3. The number of amides is 1. The second-order valence-electron chi connectivity index (χ2n) is 8.24. The van der Waals surface area contributed by atoms with E-state index in [1.807, 2.05) is 0 Å². The van der Waals surface area contributed by atoms with Crippen LogP contribution >= 0.6 is 0 Å². The average molecular weight is 280 g/mol. The number of rotatable bonds is 5. The molecule has 2 aliphatic carbocycles. The predicted octanol–water partition coefficient (Wildman–Crippen LogP) is 3.08. The highest BCUT2D eigenvalue weighted by molar-refractivity contribution is 5.76. The van der Waals surface area contributed by atoms with Crippen molar-refractivity contribution in [2.75, 3.05) is 13.1 Å². The Balaban J connectivity index is 1.81. The Hall–Kier alpha value is -0.570. The molecular weight excluding hydrogens is 248 g/mol. The summed E-state index contributed by atoms with van der Waals surface area (Å²) in [5, 5.41) is 3.17. The van der Waals surface area contributed by atoms with Crippen LogP contribution in [0.1, 0.15) is 66.2 Å². The zero-order valence-corrected chi connectivity index (χ0v) is 13.7. The molecule has 1 amide bonds. The van der Waals surface area contributed by atoms with Gasteiger partial charge in [0.15, 0.2) is 0 Å². The predicted molar refractivity (Wildman–Crippen MR) is 83.3 cm³/mol. The average Bonchev–Trinajstić information content (AvgIpc) is 2.78. The number of nitrogens with one attached hydrogen (secondary N) is 1. The zero-order chi connectivity index (χ0) is 15.0. The summed E-state index contributed by atoms with van der Waals surface area (Å²) in [5.41, 5.74) is 6.73. The van der Waals surface area contributed by atoms with E-state index in [-0.39, 0.29) is 11.3 Å². The van der Waals surface area contributed by atoms with Crippen LogP contribution < -0.4 is 11.1 Å². The zero-order valence-electron chi connectivity index (χ0n) is 13.7. The summed E-state index contributed by atoms with van der Waals surface area (Å²) in [6.45, 7) is 10.7. The Morgan fingerprint density at radius 1 is 1.10 bits per heavy atom. The molecule has 3 nitrogen and oxygen atoms in total. The molecule has 3 N–H and O–H groups in total. The molecule has 3 heteroatoms. The van der Waals surface area contributed by atoms with E-state index < -0.39 is 0 Å². The lowest BCUT2D eigenvalue weighted by molar-refractivity contribution is -0.124. The van der Waals surface area contributed by atoms with Crippen molar-refractivity contribution in [3.63, 3.8) is 0 Å². The number of nitrogens with two attached hydrogens (primary N) is 1. The summed E-state index contributed by atoms with van der Waals surface area (Å²) in [6.07, 6.45) is 6.62. The minimum atomic E-state index is 0.0803. The van der Waals surface area contributed by atoms with Crippen molar-refractivity contribution in [3.05, 3.63) is 0 Å². The highest BCUT2D eigenvalue weighted by Gasteiger charge is 2.64. The van der Waals surface area contributed by atoms with Crippen molar-refractivity contribution in [2.45, 2.75) is 66.2 Å². The smallest absolute Gasteiger partial charge is 0.220 e. The molecule has 0 aliphatic heterocycles. The molecular formula is C17H32N2O. The normalized spacial score (nSPS) is 27.1. The van der Waals surface area contributed by atoms with Gasteiger partial charge in [-0.3, -0.25) is 4.79 Å². The molecule has 2 aliphatic rings. The molecule has 0 bridgehead atoms. The van der Waals surface area contributed by atoms with Gasteiger partial charge in [-0.2, -0.15) is 0 Å². The second kappa shape index (κ2) is 5.32. The molecule has 2 fully saturated rings. The van der Waals surface area contributed by atoms with Crippen LogP contribution in [-0.4, -0.2) is 19.0 Å². The number of hydrogen-bond acceptors (Lipinski definition) is 2. The van der Waals surface area contributed by atoms with E-state index in [1.165, 1.54) is 19.3 Å². The van der Waals surface area contributed by atoms with Crippen LogP contribution in [-0.2, 0) is 4.79 Å². The number of carbonyl (C=O) groups excluding carboxylic acids is 1. The van der Waals surface area contributed by atoms with Crippen LogP contribution in [0.15, 0.2) is 0 Å². The SMILES string of the molecule is CC1(C)C(CNC(=O)CC2(CN)CCCCC2)C1(C)C. The summed E-state index contributed by atoms with van der Waals surface area (Å²) < 4.78 is 0. The number of hydrogen-bond donors (Lipinski definition) is 2. The van der Waals surface area contributed by atoms with Crippen molar-refractivity contribution in [2.24, 2.45) is 27.9 Å². The lowest BCUT2D eigenvalue weighted by Crippen LogP contribution is -2.39. The topological polar surface area (TPSA) is 55.1 Å². The molecule has 0 atom stereocenters. The fraction of sp³-hybridized carbons (Fsp3) is 0.941. The van der Waals surface area contributed by atoms with Gasteiger partial charge in [0.05, 0.1) is 0 Å². The molecule has 0 unspecified atom stereocenters. The van der Waals surface area contributed by atoms with Gasteiger partial charge in [-0.25, -0.2) is 0 Å². The van der Waals surface area contributed by atoms with Gasteiger partial charge >= 0.3 is 0 Å². The van der Waals surface area contributed by atoms with Gasteiger partial charge in [-0.05, 0) is 41.5 Å². The molecule has 20 heavy (non-hydrogen) atoms. The third-order valence-corrected chi connectivity index (χ3v) is 6.71. The van der Waals surface area contributed by atoms with Crippen molar-refractivity contribution < 1.29 is 4.79 Å². The monoisotopic (exact) mass is 280 g/mol. The molecule has 0 saturated heterocycles. The van der Waals surface area contributed by atoms with Gasteiger partial charge < -0.3 is 11.1 Å². The molecule has 116 valence electrons. The Morgan fingerprint density at radius 3 is 2.10 bits per heavy atom. The first-order valence-corrected chi connectivity index (χ1v) is 8.22. The van der Waals surface area contributed by atoms with Crippen LogP contribution in [0.25, 0.3) is 0 Å². The van der Waals surface area contributed by atoms with E-state index in [0.717, 1.165) is 19.4 Å². The molecule has 0 aromatic rings. The van der Waals surface area contributed by atoms with Gasteiger partial charge in [0.25, 0.3) is 0 Å². The van der Waals surface area contributed by atoms with E-state index in [0.29, 0.717) is 29.7 Å². The Labute approximate surface area is 124 Å². The molecule has 0 heterocycles. The Kier molecular flexibility index (Phi) is 4.21. The third-order valence-electron chi connectivity index (χ3n) is 6.71. The van der Waals surface area contributed by atoms with Crippen molar-refractivity contribution in [1.29, 1.82) is 0 Å². The first kappa shape index (κ1) is 15.8. The summed E-state index contributed by atoms with van der Waals surface area (Å²) in [7, 11) is 0. The summed E-state index contributed by atoms with van der Waals surface area (Å²) in [6, 6.07) is 0. The minimum Gasteiger partial charge on any atom is -0.356 e. The van der Waals surface area contributed by atoms with Crippen LogP contribution in [0.5, 0.6) is 0 Å². The van der Waals surface area contributed by atoms with Crippen LogP contribution in [0.2, 0.25) is 0 Å². The minimum absolute atomic E-state index is 0.0803. The standard InChI is InChI=1S/C17H32N2O/c1-15(2)13(16(15,3)4)11-19-14(20)10-17(12-18)8-6-5-7-9-17/h13H,5-12,18H2,1-4H3,(H,19,20). The summed E-state index contributed by atoms with van der Waals surface area (Å²) >= 11 is 0. The Morgan fingerprint density at radius 2 is 1.65 bits per heavy atom. The van der Waals surface area contributed by atoms with Gasteiger partial charge in [-0.1, -0.05) is 47.0 Å². The first-order valence-electron chi connectivity index (χ1n) is 8.22. The highest BCUT2D eigenvalue weighted by Crippen LogP contribution is 2.67. The van der Waals surface area contributed by atoms with Gasteiger partial charge in [0, 0.05) is 13.0 Å². The fourth-order valence-corrected chi connectivity index (χ4v) is 4.22. The lowest BCUT2D eigenvalue weighted by atomic mass is 9.71. The molecule has 0 radical (unpaired) electrons. The highest BCUT2D eigenvalue weighted by atomic mass is 16.1. The van der Waals surface area contributed by atoms with Gasteiger partial charge in [0.2, 0.25) is 5.91 Å².